The maximum absolute atomic E-state index is 12.4. The van der Waals surface area contributed by atoms with Gasteiger partial charge in [0.15, 0.2) is 0 Å². The summed E-state index contributed by atoms with van der Waals surface area (Å²) in [7, 11) is 0. The summed E-state index contributed by atoms with van der Waals surface area (Å²) in [5, 5.41) is 3.50. The Morgan fingerprint density at radius 3 is 2.05 bits per heavy atom. The number of carbonyl (C=O) groups excluding carboxylic acids is 1. The van der Waals surface area contributed by atoms with Gasteiger partial charge in [-0.05, 0) is 82.2 Å². The molecule has 1 amide bonds. The molecule has 126 valence electrons. The molecule has 0 radical (unpaired) electrons. The number of likely N-dealkylation sites (tertiary alicyclic amines) is 1. The van der Waals surface area contributed by atoms with E-state index in [0.717, 1.165) is 24.3 Å². The third-order valence-electron chi connectivity index (χ3n) is 6.55. The first kappa shape index (κ1) is 16.6. The second-order valence-corrected chi connectivity index (χ2v) is 8.40. The minimum Gasteiger partial charge on any atom is -0.351 e. The summed E-state index contributed by atoms with van der Waals surface area (Å²) in [6.07, 6.45) is 12.9. The number of hydrogen-bond donors (Lipinski definition) is 1. The van der Waals surface area contributed by atoms with Crippen LogP contribution in [0.25, 0.3) is 0 Å². The quantitative estimate of drug-likeness (QED) is 0.859. The normalized spacial score (nSPS) is 40.3. The molecule has 0 unspecified atom stereocenters. The van der Waals surface area contributed by atoms with Crippen LogP contribution in [-0.4, -0.2) is 36.0 Å². The van der Waals surface area contributed by atoms with Gasteiger partial charge in [-0.2, -0.15) is 0 Å². The number of carbonyl (C=O) groups is 1. The van der Waals surface area contributed by atoms with Crippen molar-refractivity contribution in [1.82, 2.24) is 10.2 Å². The van der Waals surface area contributed by atoms with Crippen LogP contribution in [0.1, 0.15) is 64.2 Å². The maximum Gasteiger partial charge on any atom is 0.221 e. The molecule has 0 aromatic carbocycles. The van der Waals surface area contributed by atoms with Crippen molar-refractivity contribution in [2.45, 2.75) is 69.7 Å². The molecule has 5 rings (SSSR count). The lowest BCUT2D eigenvalue weighted by Crippen LogP contribution is -2.60. The highest BCUT2D eigenvalue weighted by atomic mass is 35.5. The van der Waals surface area contributed by atoms with Crippen molar-refractivity contribution in [3.05, 3.63) is 0 Å². The Labute approximate surface area is 141 Å². The average Bonchev–Trinajstić information content (AvgIpc) is 2.44. The fourth-order valence-electron chi connectivity index (χ4n) is 6.06. The van der Waals surface area contributed by atoms with Crippen LogP contribution in [0.4, 0.5) is 0 Å². The molecule has 0 spiro atoms. The van der Waals surface area contributed by atoms with Crippen LogP contribution in [0.2, 0.25) is 0 Å². The highest BCUT2D eigenvalue weighted by Crippen LogP contribution is 2.55. The van der Waals surface area contributed by atoms with Crippen LogP contribution in [0.15, 0.2) is 0 Å². The summed E-state index contributed by atoms with van der Waals surface area (Å²) in [5.74, 6) is 3.07. The SMILES string of the molecule is Cl.O=C(CCN1CCCCC1)NC12CC3CC(CC(C3)C1)C2. The number of amides is 1. The lowest BCUT2D eigenvalue weighted by molar-refractivity contribution is -0.127. The molecule has 22 heavy (non-hydrogen) atoms. The predicted octanol–water partition coefficient (Wildman–Crippen LogP) is 3.37. The molecular formula is C18H31ClN2O. The smallest absolute Gasteiger partial charge is 0.221 e. The van der Waals surface area contributed by atoms with Crippen LogP contribution in [-0.2, 0) is 4.79 Å². The first-order valence-corrected chi connectivity index (χ1v) is 9.24. The molecule has 0 atom stereocenters. The maximum atomic E-state index is 12.4. The van der Waals surface area contributed by atoms with E-state index in [2.05, 4.69) is 10.2 Å². The number of rotatable bonds is 4. The van der Waals surface area contributed by atoms with Gasteiger partial charge in [0.25, 0.3) is 0 Å². The first-order chi connectivity index (χ1) is 10.2. The van der Waals surface area contributed by atoms with Crippen molar-refractivity contribution in [2.24, 2.45) is 17.8 Å². The molecule has 4 bridgehead atoms. The zero-order valence-corrected chi connectivity index (χ0v) is 14.5. The van der Waals surface area contributed by atoms with E-state index in [1.807, 2.05) is 0 Å². The van der Waals surface area contributed by atoms with Crippen LogP contribution >= 0.6 is 12.4 Å². The molecule has 4 heteroatoms. The average molecular weight is 327 g/mol. The fraction of sp³-hybridized carbons (Fsp3) is 0.944. The molecule has 4 aliphatic carbocycles. The van der Waals surface area contributed by atoms with Gasteiger partial charge in [-0.3, -0.25) is 4.79 Å². The molecule has 5 fully saturated rings. The molecule has 3 nitrogen and oxygen atoms in total. The lowest BCUT2D eigenvalue weighted by atomic mass is 9.53. The summed E-state index contributed by atoms with van der Waals surface area (Å²) in [4.78, 5) is 14.9. The molecule has 0 aromatic heterocycles. The Bertz CT molecular complexity index is 371. The third kappa shape index (κ3) is 3.46. The Morgan fingerprint density at radius 2 is 1.50 bits per heavy atom. The van der Waals surface area contributed by atoms with Gasteiger partial charge in [0.2, 0.25) is 5.91 Å². The molecule has 1 N–H and O–H groups in total. The topological polar surface area (TPSA) is 32.3 Å². The number of halogens is 1. The minimum atomic E-state index is 0. The Kier molecular flexibility index (Phi) is 5.04. The van der Waals surface area contributed by atoms with Crippen molar-refractivity contribution in [3.8, 4) is 0 Å². The van der Waals surface area contributed by atoms with Crippen molar-refractivity contribution in [3.63, 3.8) is 0 Å². The van der Waals surface area contributed by atoms with Gasteiger partial charge in [-0.1, -0.05) is 6.42 Å². The summed E-state index contributed by atoms with van der Waals surface area (Å²) in [6, 6.07) is 0. The van der Waals surface area contributed by atoms with Crippen molar-refractivity contribution in [1.29, 1.82) is 0 Å². The monoisotopic (exact) mass is 326 g/mol. The Morgan fingerprint density at radius 1 is 0.955 bits per heavy atom. The fourth-order valence-corrected chi connectivity index (χ4v) is 6.06. The molecular weight excluding hydrogens is 296 g/mol. The van der Waals surface area contributed by atoms with Gasteiger partial charge >= 0.3 is 0 Å². The van der Waals surface area contributed by atoms with E-state index >= 15 is 0 Å². The lowest BCUT2D eigenvalue weighted by Gasteiger charge is -2.57. The standard InChI is InChI=1S/C18H30N2O.ClH/c21-17(4-7-20-5-2-1-3-6-20)19-18-11-14-8-15(12-18)10-16(9-14)13-18;/h14-16H,1-13H2,(H,19,21);1H. The number of hydrogen-bond acceptors (Lipinski definition) is 2. The highest BCUT2D eigenvalue weighted by Gasteiger charge is 2.51. The molecule has 5 aliphatic rings. The largest absolute Gasteiger partial charge is 0.351 e. The van der Waals surface area contributed by atoms with E-state index in [0.29, 0.717) is 12.3 Å². The number of nitrogens with one attached hydrogen (secondary N) is 1. The van der Waals surface area contributed by atoms with E-state index in [-0.39, 0.29) is 17.9 Å². The zero-order chi connectivity index (χ0) is 14.3. The predicted molar refractivity (Wildman–Crippen MR) is 91.2 cm³/mol. The van der Waals surface area contributed by atoms with Crippen molar-refractivity contribution < 1.29 is 4.79 Å². The second-order valence-electron chi connectivity index (χ2n) is 8.40. The second kappa shape index (κ2) is 6.68. The van der Waals surface area contributed by atoms with Crippen molar-refractivity contribution >= 4 is 18.3 Å². The molecule has 1 saturated heterocycles. The van der Waals surface area contributed by atoms with Gasteiger partial charge in [-0.25, -0.2) is 0 Å². The first-order valence-electron chi connectivity index (χ1n) is 9.24. The third-order valence-corrected chi connectivity index (χ3v) is 6.55. The summed E-state index contributed by atoms with van der Waals surface area (Å²) in [6.45, 7) is 3.37. The van der Waals surface area contributed by atoms with Crippen LogP contribution < -0.4 is 5.32 Å². The molecule has 1 aliphatic heterocycles. The van der Waals surface area contributed by atoms with Crippen molar-refractivity contribution in [2.75, 3.05) is 19.6 Å². The van der Waals surface area contributed by atoms with Crippen LogP contribution in [0.5, 0.6) is 0 Å². The van der Waals surface area contributed by atoms with Gasteiger partial charge in [0.1, 0.15) is 0 Å². The van der Waals surface area contributed by atoms with Gasteiger partial charge < -0.3 is 10.2 Å². The number of piperidine rings is 1. The van der Waals surface area contributed by atoms with E-state index in [4.69, 9.17) is 0 Å². The molecule has 4 saturated carbocycles. The van der Waals surface area contributed by atoms with E-state index in [1.54, 1.807) is 0 Å². The van der Waals surface area contributed by atoms with E-state index in [1.165, 1.54) is 70.9 Å². The van der Waals surface area contributed by atoms with E-state index in [9.17, 15) is 4.79 Å². The summed E-state index contributed by atoms with van der Waals surface area (Å²) < 4.78 is 0. The van der Waals surface area contributed by atoms with Gasteiger partial charge in [0.05, 0.1) is 0 Å². The zero-order valence-electron chi connectivity index (χ0n) is 13.7. The summed E-state index contributed by atoms with van der Waals surface area (Å²) >= 11 is 0. The van der Waals surface area contributed by atoms with E-state index < -0.39 is 0 Å². The Hall–Kier alpha value is -0.280. The van der Waals surface area contributed by atoms with Gasteiger partial charge in [-0.15, -0.1) is 12.4 Å². The van der Waals surface area contributed by atoms with Gasteiger partial charge in [0, 0.05) is 18.5 Å². The molecule has 1 heterocycles. The minimum absolute atomic E-state index is 0. The highest BCUT2D eigenvalue weighted by molar-refractivity contribution is 5.85. The molecule has 0 aromatic rings. The summed E-state index contributed by atoms with van der Waals surface area (Å²) in [5.41, 5.74) is 0.202. The van der Waals surface area contributed by atoms with Crippen LogP contribution in [0, 0.1) is 17.8 Å². The number of nitrogens with zero attached hydrogens (tertiary/aromatic N) is 1. The Balaban J connectivity index is 0.00000144. The van der Waals surface area contributed by atoms with Crippen LogP contribution in [0.3, 0.4) is 0 Å².